The highest BCUT2D eigenvalue weighted by molar-refractivity contribution is 14.1. The smallest absolute Gasteiger partial charge is 0.149 e. The molecule has 0 spiro atoms. The van der Waals surface area contributed by atoms with Gasteiger partial charge < -0.3 is 5.43 Å². The van der Waals surface area contributed by atoms with Crippen LogP contribution < -0.4 is 10.4 Å². The van der Waals surface area contributed by atoms with Gasteiger partial charge in [0.2, 0.25) is 0 Å². The number of nitrogens with one attached hydrogen (secondary N) is 1. The molecule has 15 heavy (non-hydrogen) atoms. The fraction of sp³-hybridized carbons (Fsp3) is 0.0909. The van der Waals surface area contributed by atoms with Gasteiger partial charge in [0.1, 0.15) is 5.82 Å². The Balaban J connectivity index is 2.28. The first-order valence-electron chi connectivity index (χ1n) is 4.52. The summed E-state index contributed by atoms with van der Waals surface area (Å²) in [5.41, 5.74) is 4.62. The lowest BCUT2D eigenvalue weighted by Crippen LogP contribution is -2.31. The van der Waals surface area contributed by atoms with Crippen LogP contribution in [-0.4, -0.2) is 0 Å². The van der Waals surface area contributed by atoms with Crippen molar-refractivity contribution in [3.8, 4) is 0 Å². The van der Waals surface area contributed by atoms with E-state index in [1.807, 2.05) is 25.3 Å². The number of benzene rings is 1. The Morgan fingerprint density at radius 2 is 2.20 bits per heavy atom. The molecule has 0 saturated heterocycles. The van der Waals surface area contributed by atoms with Gasteiger partial charge in [-0.05, 0) is 59.4 Å². The lowest BCUT2D eigenvalue weighted by Gasteiger charge is -2.23. The molecule has 1 aliphatic heterocycles. The van der Waals surface area contributed by atoms with E-state index in [0.717, 1.165) is 9.14 Å². The average molecular weight is 316 g/mol. The minimum Gasteiger partial charge on any atom is -0.301 e. The topological polar surface area (TPSA) is 15.3 Å². The zero-order chi connectivity index (χ0) is 10.8. The Morgan fingerprint density at radius 3 is 2.80 bits per heavy atom. The van der Waals surface area contributed by atoms with Crippen LogP contribution in [0.3, 0.4) is 0 Å². The van der Waals surface area contributed by atoms with Crippen molar-refractivity contribution in [1.82, 2.24) is 5.43 Å². The maximum atomic E-state index is 13.6. The molecule has 0 fully saturated rings. The molecule has 1 aromatic carbocycles. The molecule has 0 atom stereocenters. The molecule has 1 aromatic rings. The van der Waals surface area contributed by atoms with Crippen molar-refractivity contribution in [2.24, 2.45) is 0 Å². The number of hydrazine groups is 1. The Morgan fingerprint density at radius 1 is 1.40 bits per heavy atom. The van der Waals surface area contributed by atoms with E-state index in [0.29, 0.717) is 5.69 Å². The highest BCUT2D eigenvalue weighted by Gasteiger charge is 2.10. The van der Waals surface area contributed by atoms with Crippen LogP contribution in [-0.2, 0) is 0 Å². The van der Waals surface area contributed by atoms with Crippen molar-refractivity contribution in [3.05, 3.63) is 51.6 Å². The molecule has 0 saturated carbocycles. The number of hydrogen-bond acceptors (Lipinski definition) is 2. The minimum absolute atomic E-state index is 0.230. The fourth-order valence-electron chi connectivity index (χ4n) is 1.28. The summed E-state index contributed by atoms with van der Waals surface area (Å²) in [6.45, 7) is 1.98. The first-order valence-corrected chi connectivity index (χ1v) is 5.60. The summed E-state index contributed by atoms with van der Waals surface area (Å²) in [4.78, 5) is 0. The number of allylic oxidation sites excluding steroid dienone is 2. The van der Waals surface area contributed by atoms with Crippen LogP contribution in [0.2, 0.25) is 0 Å². The Bertz CT molecular complexity index is 440. The van der Waals surface area contributed by atoms with E-state index in [1.165, 1.54) is 6.07 Å². The quantitative estimate of drug-likeness (QED) is 0.801. The molecule has 0 amide bonds. The summed E-state index contributed by atoms with van der Waals surface area (Å²) in [5.74, 6) is -0.230. The molecule has 0 aliphatic carbocycles. The number of anilines is 1. The van der Waals surface area contributed by atoms with Crippen LogP contribution in [0.5, 0.6) is 0 Å². The van der Waals surface area contributed by atoms with E-state index in [1.54, 1.807) is 17.3 Å². The number of hydrogen-bond donors (Lipinski definition) is 1. The second-order valence-corrected chi connectivity index (χ2v) is 4.54. The molecule has 0 aromatic heterocycles. The Hall–Kier alpha value is -1.04. The van der Waals surface area contributed by atoms with E-state index in [-0.39, 0.29) is 5.82 Å². The third-order valence-corrected chi connectivity index (χ3v) is 2.76. The van der Waals surface area contributed by atoms with Crippen molar-refractivity contribution in [2.45, 2.75) is 6.92 Å². The lowest BCUT2D eigenvalue weighted by atomic mass is 10.2. The predicted molar refractivity (Wildman–Crippen MR) is 67.6 cm³/mol. The lowest BCUT2D eigenvalue weighted by molar-refractivity contribution is 0.619. The molecule has 1 aliphatic rings. The van der Waals surface area contributed by atoms with E-state index in [2.05, 4.69) is 28.0 Å². The monoisotopic (exact) mass is 316 g/mol. The number of rotatable bonds is 1. The first kappa shape index (κ1) is 10.5. The van der Waals surface area contributed by atoms with Gasteiger partial charge in [-0.2, -0.15) is 0 Å². The number of halogens is 2. The van der Waals surface area contributed by atoms with Crippen molar-refractivity contribution in [2.75, 3.05) is 5.01 Å². The second kappa shape index (κ2) is 4.22. The molecule has 2 nitrogen and oxygen atoms in total. The van der Waals surface area contributed by atoms with Gasteiger partial charge in [-0.3, -0.25) is 5.01 Å². The molecule has 4 heteroatoms. The van der Waals surface area contributed by atoms with Crippen molar-refractivity contribution in [1.29, 1.82) is 0 Å². The Labute approximate surface area is 102 Å². The van der Waals surface area contributed by atoms with E-state index in [9.17, 15) is 4.39 Å². The zero-order valence-electron chi connectivity index (χ0n) is 8.17. The second-order valence-electron chi connectivity index (χ2n) is 3.30. The third kappa shape index (κ3) is 2.31. The summed E-state index contributed by atoms with van der Waals surface area (Å²) in [7, 11) is 0. The van der Waals surface area contributed by atoms with E-state index >= 15 is 0 Å². The van der Waals surface area contributed by atoms with Gasteiger partial charge in [0, 0.05) is 16.0 Å². The van der Waals surface area contributed by atoms with E-state index in [4.69, 9.17) is 0 Å². The van der Waals surface area contributed by atoms with Gasteiger partial charge in [-0.15, -0.1) is 0 Å². The molecule has 1 heterocycles. The van der Waals surface area contributed by atoms with Gasteiger partial charge >= 0.3 is 0 Å². The van der Waals surface area contributed by atoms with Crippen LogP contribution in [0, 0.1) is 9.39 Å². The molecule has 1 N–H and O–H groups in total. The van der Waals surface area contributed by atoms with Gasteiger partial charge in [0.05, 0.1) is 5.69 Å². The standard InChI is InChI=1S/C11H10FIN2/c1-8-4-5-15(14-7-8)11-3-2-9(13)6-10(11)12/h2-7,14H,1H3. The van der Waals surface area contributed by atoms with Crippen LogP contribution in [0.4, 0.5) is 10.1 Å². The van der Waals surface area contributed by atoms with E-state index < -0.39 is 0 Å². The van der Waals surface area contributed by atoms with Gasteiger partial charge in [0.15, 0.2) is 0 Å². The average Bonchev–Trinajstić information content (AvgIpc) is 2.20. The maximum absolute atomic E-state index is 13.6. The highest BCUT2D eigenvalue weighted by Crippen LogP contribution is 2.21. The summed E-state index contributed by atoms with van der Waals surface area (Å²) >= 11 is 2.09. The third-order valence-electron chi connectivity index (χ3n) is 2.09. The first-order chi connectivity index (χ1) is 7.16. The Kier molecular flexibility index (Phi) is 2.95. The van der Waals surface area contributed by atoms with Crippen molar-refractivity contribution >= 4 is 28.3 Å². The minimum atomic E-state index is -0.230. The fourth-order valence-corrected chi connectivity index (χ4v) is 1.73. The molecule has 0 unspecified atom stereocenters. The molecular formula is C11H10FIN2. The maximum Gasteiger partial charge on any atom is 0.149 e. The SMILES string of the molecule is CC1=CNN(c2ccc(I)cc2F)C=C1. The number of nitrogens with zero attached hydrogens (tertiary/aromatic N) is 1. The van der Waals surface area contributed by atoms with Gasteiger partial charge in [0.25, 0.3) is 0 Å². The highest BCUT2D eigenvalue weighted by atomic mass is 127. The molecule has 0 bridgehead atoms. The predicted octanol–water partition coefficient (Wildman–Crippen LogP) is 3.17. The molecular weight excluding hydrogens is 306 g/mol. The van der Waals surface area contributed by atoms with Crippen LogP contribution >= 0.6 is 22.6 Å². The normalized spacial score (nSPS) is 14.9. The molecule has 2 rings (SSSR count). The summed E-state index contributed by atoms with van der Waals surface area (Å²) in [6.07, 6.45) is 5.56. The molecule has 78 valence electrons. The van der Waals surface area contributed by atoms with Crippen LogP contribution in [0.15, 0.2) is 42.2 Å². The summed E-state index contributed by atoms with van der Waals surface area (Å²) in [6, 6.07) is 5.14. The van der Waals surface area contributed by atoms with Crippen LogP contribution in [0.1, 0.15) is 6.92 Å². The molecule has 0 radical (unpaired) electrons. The summed E-state index contributed by atoms with van der Waals surface area (Å²) < 4.78 is 14.5. The van der Waals surface area contributed by atoms with Crippen molar-refractivity contribution < 1.29 is 4.39 Å². The van der Waals surface area contributed by atoms with Crippen LogP contribution in [0.25, 0.3) is 0 Å². The van der Waals surface area contributed by atoms with Crippen molar-refractivity contribution in [3.63, 3.8) is 0 Å². The summed E-state index contributed by atoms with van der Waals surface area (Å²) in [5, 5.41) is 1.65. The largest absolute Gasteiger partial charge is 0.301 e. The van der Waals surface area contributed by atoms with Gasteiger partial charge in [-0.25, -0.2) is 4.39 Å². The zero-order valence-corrected chi connectivity index (χ0v) is 10.3. The van der Waals surface area contributed by atoms with Gasteiger partial charge in [-0.1, -0.05) is 0 Å².